The summed E-state index contributed by atoms with van der Waals surface area (Å²) in [6.07, 6.45) is 2.00. The monoisotopic (exact) mass is 213 g/mol. The highest BCUT2D eigenvalue weighted by Crippen LogP contribution is 2.18. The highest BCUT2D eigenvalue weighted by atomic mass is 16.4. The Morgan fingerprint density at radius 3 is 2.40 bits per heavy atom. The zero-order chi connectivity index (χ0) is 11.4. The molecule has 0 aromatic carbocycles. The Morgan fingerprint density at radius 2 is 1.93 bits per heavy atom. The van der Waals surface area contributed by atoms with Crippen molar-refractivity contribution in [1.82, 2.24) is 4.90 Å². The molecule has 86 valence electrons. The Balaban J connectivity index is 2.42. The van der Waals surface area contributed by atoms with E-state index in [2.05, 4.69) is 6.92 Å². The van der Waals surface area contributed by atoms with E-state index in [-0.39, 0.29) is 12.3 Å². The van der Waals surface area contributed by atoms with Gasteiger partial charge in [-0.15, -0.1) is 0 Å². The first-order chi connectivity index (χ1) is 7.00. The van der Waals surface area contributed by atoms with Gasteiger partial charge in [0.25, 0.3) is 0 Å². The van der Waals surface area contributed by atoms with Crippen molar-refractivity contribution in [2.24, 2.45) is 11.8 Å². The first-order valence-electron chi connectivity index (χ1n) is 5.51. The number of carboxylic acid groups (broad SMARTS) is 1. The normalized spacial score (nSPS) is 20.0. The van der Waals surface area contributed by atoms with Crippen LogP contribution in [-0.2, 0) is 9.59 Å². The molecule has 1 amide bonds. The zero-order valence-electron chi connectivity index (χ0n) is 9.40. The number of carboxylic acids is 1. The molecule has 4 heteroatoms. The third-order valence-electron chi connectivity index (χ3n) is 3.00. The Morgan fingerprint density at radius 1 is 1.40 bits per heavy atom. The van der Waals surface area contributed by atoms with Gasteiger partial charge in [-0.05, 0) is 18.8 Å². The van der Waals surface area contributed by atoms with Gasteiger partial charge in [-0.3, -0.25) is 9.59 Å². The number of hydrogen-bond acceptors (Lipinski definition) is 2. The van der Waals surface area contributed by atoms with E-state index in [1.165, 1.54) is 0 Å². The van der Waals surface area contributed by atoms with Crippen molar-refractivity contribution in [2.45, 2.75) is 33.1 Å². The molecule has 15 heavy (non-hydrogen) atoms. The lowest BCUT2D eigenvalue weighted by molar-refractivity contribution is -0.144. The summed E-state index contributed by atoms with van der Waals surface area (Å²) in [5, 5.41) is 8.60. The van der Waals surface area contributed by atoms with Gasteiger partial charge in [-0.1, -0.05) is 13.8 Å². The van der Waals surface area contributed by atoms with Crippen molar-refractivity contribution in [1.29, 1.82) is 0 Å². The van der Waals surface area contributed by atoms with Crippen LogP contribution in [-0.4, -0.2) is 35.0 Å². The number of amides is 1. The number of hydrogen-bond donors (Lipinski definition) is 1. The Labute approximate surface area is 90.3 Å². The second-order valence-electron chi connectivity index (χ2n) is 4.51. The van der Waals surface area contributed by atoms with E-state index >= 15 is 0 Å². The summed E-state index contributed by atoms with van der Waals surface area (Å²) in [6, 6.07) is 0. The molecule has 1 unspecified atom stereocenters. The van der Waals surface area contributed by atoms with Gasteiger partial charge in [-0.25, -0.2) is 0 Å². The van der Waals surface area contributed by atoms with Gasteiger partial charge < -0.3 is 10.0 Å². The van der Waals surface area contributed by atoms with Gasteiger partial charge in [0.15, 0.2) is 0 Å². The van der Waals surface area contributed by atoms with Crippen molar-refractivity contribution < 1.29 is 14.7 Å². The van der Waals surface area contributed by atoms with E-state index in [1.807, 2.05) is 0 Å². The average molecular weight is 213 g/mol. The highest BCUT2D eigenvalue weighted by molar-refractivity contribution is 5.82. The van der Waals surface area contributed by atoms with Crippen LogP contribution in [0.4, 0.5) is 0 Å². The molecule has 0 radical (unpaired) electrons. The van der Waals surface area contributed by atoms with E-state index in [9.17, 15) is 9.59 Å². The highest BCUT2D eigenvalue weighted by Gasteiger charge is 2.25. The number of likely N-dealkylation sites (tertiary alicyclic amines) is 1. The smallest absolute Gasteiger partial charge is 0.304 e. The first-order valence-corrected chi connectivity index (χ1v) is 5.51. The molecule has 1 atom stereocenters. The number of rotatable bonds is 3. The fourth-order valence-corrected chi connectivity index (χ4v) is 1.89. The summed E-state index contributed by atoms with van der Waals surface area (Å²) in [6.45, 7) is 5.44. The molecule has 1 aliphatic heterocycles. The molecule has 1 aliphatic rings. The summed E-state index contributed by atoms with van der Waals surface area (Å²) in [5.74, 6) is -0.620. The molecule has 0 aromatic heterocycles. The van der Waals surface area contributed by atoms with Crippen LogP contribution in [0.2, 0.25) is 0 Å². The molecule has 4 nitrogen and oxygen atoms in total. The lowest BCUT2D eigenvalue weighted by Gasteiger charge is -2.31. The third-order valence-corrected chi connectivity index (χ3v) is 3.00. The van der Waals surface area contributed by atoms with Crippen LogP contribution in [0, 0.1) is 11.8 Å². The minimum atomic E-state index is -0.902. The molecular weight excluding hydrogens is 194 g/mol. The molecular formula is C11H19NO3. The van der Waals surface area contributed by atoms with Gasteiger partial charge in [0.1, 0.15) is 0 Å². The minimum absolute atomic E-state index is 0.00991. The number of piperidine rings is 1. The number of carbonyl (C=O) groups is 2. The van der Waals surface area contributed by atoms with Crippen LogP contribution in [0.5, 0.6) is 0 Å². The van der Waals surface area contributed by atoms with Crippen molar-refractivity contribution >= 4 is 11.9 Å². The van der Waals surface area contributed by atoms with E-state index in [0.29, 0.717) is 5.92 Å². The second kappa shape index (κ2) is 5.14. The minimum Gasteiger partial charge on any atom is -0.481 e. The zero-order valence-corrected chi connectivity index (χ0v) is 9.40. The maximum atomic E-state index is 11.8. The third kappa shape index (κ3) is 3.53. The summed E-state index contributed by atoms with van der Waals surface area (Å²) < 4.78 is 0. The molecule has 0 saturated carbocycles. The maximum Gasteiger partial charge on any atom is 0.304 e. The van der Waals surface area contributed by atoms with Crippen LogP contribution < -0.4 is 0 Å². The van der Waals surface area contributed by atoms with Gasteiger partial charge in [0.2, 0.25) is 5.91 Å². The summed E-state index contributed by atoms with van der Waals surface area (Å²) in [4.78, 5) is 24.1. The summed E-state index contributed by atoms with van der Waals surface area (Å²) in [7, 11) is 0. The molecule has 1 saturated heterocycles. The fourth-order valence-electron chi connectivity index (χ4n) is 1.89. The van der Waals surface area contributed by atoms with E-state index in [0.717, 1.165) is 25.9 Å². The average Bonchev–Trinajstić information content (AvgIpc) is 2.17. The molecule has 1 N–H and O–H groups in total. The van der Waals surface area contributed by atoms with E-state index < -0.39 is 11.9 Å². The topological polar surface area (TPSA) is 57.6 Å². The van der Waals surface area contributed by atoms with Crippen LogP contribution in [0.3, 0.4) is 0 Å². The van der Waals surface area contributed by atoms with E-state index in [1.54, 1.807) is 11.8 Å². The maximum absolute atomic E-state index is 11.8. The van der Waals surface area contributed by atoms with Gasteiger partial charge in [0, 0.05) is 19.0 Å². The fraction of sp³-hybridized carbons (Fsp3) is 0.818. The van der Waals surface area contributed by atoms with Crippen LogP contribution >= 0.6 is 0 Å². The summed E-state index contributed by atoms with van der Waals surface area (Å²) >= 11 is 0. The van der Waals surface area contributed by atoms with Crippen LogP contribution in [0.1, 0.15) is 33.1 Å². The quantitative estimate of drug-likeness (QED) is 0.770. The molecule has 0 aromatic rings. The Kier molecular flexibility index (Phi) is 4.12. The lowest BCUT2D eigenvalue weighted by atomic mass is 9.97. The second-order valence-corrected chi connectivity index (χ2v) is 4.51. The van der Waals surface area contributed by atoms with Crippen LogP contribution in [0.15, 0.2) is 0 Å². The summed E-state index contributed by atoms with van der Waals surface area (Å²) in [5.41, 5.74) is 0. The van der Waals surface area contributed by atoms with Crippen molar-refractivity contribution in [3.8, 4) is 0 Å². The largest absolute Gasteiger partial charge is 0.481 e. The SMILES string of the molecule is CC1CCN(C(=O)C(C)CC(=O)O)CC1. The molecule has 1 heterocycles. The predicted octanol–water partition coefficient (Wildman–Crippen LogP) is 1.36. The van der Waals surface area contributed by atoms with Gasteiger partial charge in [0.05, 0.1) is 6.42 Å². The van der Waals surface area contributed by atoms with Crippen molar-refractivity contribution in [3.05, 3.63) is 0 Å². The molecule has 1 fully saturated rings. The van der Waals surface area contributed by atoms with Crippen molar-refractivity contribution in [2.75, 3.05) is 13.1 Å². The first kappa shape index (κ1) is 12.0. The Bertz CT molecular complexity index is 244. The lowest BCUT2D eigenvalue weighted by Crippen LogP contribution is -2.41. The van der Waals surface area contributed by atoms with E-state index in [4.69, 9.17) is 5.11 Å². The standard InChI is InChI=1S/C11H19NO3/c1-8-3-5-12(6-4-8)11(15)9(2)7-10(13)14/h8-9H,3-7H2,1-2H3,(H,13,14). The van der Waals surface area contributed by atoms with Gasteiger partial charge in [-0.2, -0.15) is 0 Å². The molecule has 0 aliphatic carbocycles. The molecule has 0 bridgehead atoms. The molecule has 0 spiro atoms. The van der Waals surface area contributed by atoms with Crippen molar-refractivity contribution in [3.63, 3.8) is 0 Å². The van der Waals surface area contributed by atoms with Gasteiger partial charge >= 0.3 is 5.97 Å². The molecule has 1 rings (SSSR count). The Hall–Kier alpha value is -1.06. The predicted molar refractivity (Wildman–Crippen MR) is 56.4 cm³/mol. The number of carbonyl (C=O) groups excluding carboxylic acids is 1. The number of aliphatic carboxylic acids is 1. The number of nitrogens with zero attached hydrogens (tertiary/aromatic N) is 1. The van der Waals surface area contributed by atoms with Crippen LogP contribution in [0.25, 0.3) is 0 Å².